The summed E-state index contributed by atoms with van der Waals surface area (Å²) in [6.07, 6.45) is 5.88. The van der Waals surface area contributed by atoms with Crippen molar-refractivity contribution in [2.24, 2.45) is 5.73 Å². The molecule has 0 spiro atoms. The smallest absolute Gasteiger partial charge is 0.244 e. The van der Waals surface area contributed by atoms with Crippen LogP contribution in [0.25, 0.3) is 0 Å². The highest BCUT2D eigenvalue weighted by Gasteiger charge is 2.43. The lowest BCUT2D eigenvalue weighted by Gasteiger charge is -2.32. The van der Waals surface area contributed by atoms with Crippen LogP contribution in [0.2, 0.25) is 0 Å². The third-order valence-corrected chi connectivity index (χ3v) is 3.88. The predicted octanol–water partition coefficient (Wildman–Crippen LogP) is 1.32. The number of hydrogen-bond acceptors (Lipinski definition) is 3. The van der Waals surface area contributed by atoms with Crippen LogP contribution < -0.4 is 11.1 Å². The normalized spacial score (nSPS) is 17.4. The number of carbonyl (C=O) groups excluding carboxylic acids is 1. The molecule has 1 aliphatic carbocycles. The van der Waals surface area contributed by atoms with Crippen molar-refractivity contribution in [1.82, 2.24) is 15.1 Å². The first-order valence-corrected chi connectivity index (χ1v) is 7.22. The Morgan fingerprint density at radius 2 is 2.14 bits per heavy atom. The Morgan fingerprint density at radius 3 is 2.67 bits per heavy atom. The summed E-state index contributed by atoms with van der Waals surface area (Å²) in [6.45, 7) is 2.38. The summed E-state index contributed by atoms with van der Waals surface area (Å²) in [5.41, 5.74) is 6.83. The van der Waals surface area contributed by atoms with Gasteiger partial charge in [-0.3, -0.25) is 14.8 Å². The van der Waals surface area contributed by atoms with Gasteiger partial charge < -0.3 is 5.73 Å². The Bertz CT molecular complexity index is 633. The molecule has 5 nitrogen and oxygen atoms in total. The van der Waals surface area contributed by atoms with Gasteiger partial charge in [0.2, 0.25) is 5.91 Å². The quantitative estimate of drug-likeness (QED) is 0.840. The van der Waals surface area contributed by atoms with Crippen LogP contribution in [0.1, 0.15) is 24.0 Å². The molecule has 0 saturated heterocycles. The molecule has 0 aliphatic heterocycles. The van der Waals surface area contributed by atoms with E-state index in [-0.39, 0.29) is 5.91 Å². The molecule has 2 aromatic rings. The fourth-order valence-corrected chi connectivity index (χ4v) is 2.61. The fraction of sp³-hybridized carbons (Fsp3) is 0.375. The second kappa shape index (κ2) is 5.33. The van der Waals surface area contributed by atoms with Gasteiger partial charge in [0.1, 0.15) is 5.54 Å². The third kappa shape index (κ3) is 2.83. The first kappa shape index (κ1) is 13.8. The molecule has 5 heteroatoms. The van der Waals surface area contributed by atoms with Crippen molar-refractivity contribution in [3.63, 3.8) is 0 Å². The van der Waals surface area contributed by atoms with E-state index in [1.165, 1.54) is 0 Å². The molecule has 1 amide bonds. The molecule has 3 rings (SSSR count). The van der Waals surface area contributed by atoms with Crippen molar-refractivity contribution in [2.45, 2.75) is 37.9 Å². The van der Waals surface area contributed by atoms with Gasteiger partial charge in [0, 0.05) is 12.2 Å². The van der Waals surface area contributed by atoms with E-state index in [9.17, 15) is 4.79 Å². The van der Waals surface area contributed by atoms with E-state index < -0.39 is 5.54 Å². The maximum absolute atomic E-state index is 12.3. The summed E-state index contributed by atoms with van der Waals surface area (Å²) in [7, 11) is 0. The number of aryl methyl sites for hydroxylation is 1. The SMILES string of the molecule is Cc1cnn(CC(NC2CC2)(C(N)=O)c2ccccc2)c1. The number of hydrogen-bond donors (Lipinski definition) is 2. The number of nitrogens with one attached hydrogen (secondary N) is 1. The van der Waals surface area contributed by atoms with Crippen LogP contribution in [0.3, 0.4) is 0 Å². The number of nitrogens with zero attached hydrogens (tertiary/aromatic N) is 2. The Morgan fingerprint density at radius 1 is 1.43 bits per heavy atom. The molecule has 21 heavy (non-hydrogen) atoms. The molecule has 1 aromatic heterocycles. The summed E-state index contributed by atoms with van der Waals surface area (Å²) in [6, 6.07) is 10.0. The Balaban J connectivity index is 2.00. The number of primary amides is 1. The minimum Gasteiger partial charge on any atom is -0.368 e. The largest absolute Gasteiger partial charge is 0.368 e. The maximum atomic E-state index is 12.3. The first-order chi connectivity index (χ1) is 10.1. The lowest BCUT2D eigenvalue weighted by Crippen LogP contribution is -2.56. The molecule has 1 aromatic carbocycles. The van der Waals surface area contributed by atoms with E-state index in [0.29, 0.717) is 12.6 Å². The van der Waals surface area contributed by atoms with Crippen molar-refractivity contribution < 1.29 is 4.79 Å². The fourth-order valence-electron chi connectivity index (χ4n) is 2.61. The van der Waals surface area contributed by atoms with Crippen LogP contribution in [0.4, 0.5) is 0 Å². The zero-order chi connectivity index (χ0) is 14.9. The van der Waals surface area contributed by atoms with Crippen LogP contribution in [-0.4, -0.2) is 21.7 Å². The molecule has 1 unspecified atom stereocenters. The predicted molar refractivity (Wildman–Crippen MR) is 80.4 cm³/mol. The molecule has 0 bridgehead atoms. The van der Waals surface area contributed by atoms with E-state index in [1.807, 2.05) is 43.5 Å². The van der Waals surface area contributed by atoms with Crippen molar-refractivity contribution >= 4 is 5.91 Å². The number of amides is 1. The Kier molecular flexibility index (Phi) is 3.51. The highest BCUT2D eigenvalue weighted by molar-refractivity contribution is 5.86. The van der Waals surface area contributed by atoms with Gasteiger partial charge in [-0.05, 0) is 30.9 Å². The van der Waals surface area contributed by atoms with Gasteiger partial charge in [-0.25, -0.2) is 0 Å². The molecule has 3 N–H and O–H groups in total. The van der Waals surface area contributed by atoms with Crippen molar-refractivity contribution in [2.75, 3.05) is 0 Å². The second-order valence-electron chi connectivity index (χ2n) is 5.77. The average molecular weight is 284 g/mol. The summed E-state index contributed by atoms with van der Waals surface area (Å²) < 4.78 is 1.78. The molecule has 1 atom stereocenters. The van der Waals surface area contributed by atoms with Crippen LogP contribution in [0, 0.1) is 6.92 Å². The minimum atomic E-state index is -0.916. The molecular formula is C16H20N4O. The summed E-state index contributed by atoms with van der Waals surface area (Å²) in [5, 5.41) is 7.75. The molecule has 110 valence electrons. The van der Waals surface area contributed by atoms with Crippen molar-refractivity contribution in [3.8, 4) is 0 Å². The zero-order valence-corrected chi connectivity index (χ0v) is 12.1. The van der Waals surface area contributed by atoms with Gasteiger partial charge in [0.25, 0.3) is 0 Å². The molecule has 1 saturated carbocycles. The number of benzene rings is 1. The van der Waals surface area contributed by atoms with Crippen LogP contribution in [-0.2, 0) is 16.9 Å². The van der Waals surface area contributed by atoms with Gasteiger partial charge in [-0.1, -0.05) is 30.3 Å². The number of nitrogens with two attached hydrogens (primary N) is 1. The molecule has 1 heterocycles. The van der Waals surface area contributed by atoms with Crippen LogP contribution in [0.15, 0.2) is 42.7 Å². The Hall–Kier alpha value is -2.14. The average Bonchev–Trinajstić information content (AvgIpc) is 3.20. The van der Waals surface area contributed by atoms with E-state index >= 15 is 0 Å². The van der Waals surface area contributed by atoms with E-state index in [0.717, 1.165) is 24.0 Å². The van der Waals surface area contributed by atoms with Crippen LogP contribution in [0.5, 0.6) is 0 Å². The van der Waals surface area contributed by atoms with Gasteiger partial charge in [-0.15, -0.1) is 0 Å². The first-order valence-electron chi connectivity index (χ1n) is 7.22. The van der Waals surface area contributed by atoms with E-state index in [1.54, 1.807) is 10.9 Å². The van der Waals surface area contributed by atoms with Gasteiger partial charge in [0.15, 0.2) is 0 Å². The van der Waals surface area contributed by atoms with Gasteiger partial charge in [0.05, 0.1) is 12.7 Å². The second-order valence-corrected chi connectivity index (χ2v) is 5.77. The van der Waals surface area contributed by atoms with Crippen molar-refractivity contribution in [1.29, 1.82) is 0 Å². The lowest BCUT2D eigenvalue weighted by atomic mass is 9.88. The van der Waals surface area contributed by atoms with Gasteiger partial charge in [-0.2, -0.15) is 5.10 Å². The van der Waals surface area contributed by atoms with Crippen molar-refractivity contribution in [3.05, 3.63) is 53.9 Å². The zero-order valence-electron chi connectivity index (χ0n) is 12.1. The summed E-state index contributed by atoms with van der Waals surface area (Å²) >= 11 is 0. The van der Waals surface area contributed by atoms with E-state index in [2.05, 4.69) is 10.4 Å². The standard InChI is InChI=1S/C16H20N4O/c1-12-9-18-20(10-12)11-16(15(17)21,19-14-7-8-14)13-5-3-2-4-6-13/h2-6,9-10,14,19H,7-8,11H2,1H3,(H2,17,21). The number of carbonyl (C=O) groups is 1. The summed E-state index contributed by atoms with van der Waals surface area (Å²) in [4.78, 5) is 12.3. The highest BCUT2D eigenvalue weighted by Crippen LogP contribution is 2.30. The lowest BCUT2D eigenvalue weighted by molar-refractivity contribution is -0.125. The molecule has 0 radical (unpaired) electrons. The number of aromatic nitrogens is 2. The third-order valence-electron chi connectivity index (χ3n) is 3.88. The van der Waals surface area contributed by atoms with Gasteiger partial charge >= 0.3 is 0 Å². The molecule has 1 aliphatic rings. The Labute approximate surface area is 124 Å². The topological polar surface area (TPSA) is 72.9 Å². The highest BCUT2D eigenvalue weighted by atomic mass is 16.1. The summed E-state index contributed by atoms with van der Waals surface area (Å²) in [5.74, 6) is -0.367. The maximum Gasteiger partial charge on any atom is 0.244 e. The van der Waals surface area contributed by atoms with E-state index in [4.69, 9.17) is 5.73 Å². The minimum absolute atomic E-state index is 0.356. The molecular weight excluding hydrogens is 264 g/mol. The molecule has 1 fully saturated rings. The van der Waals surface area contributed by atoms with Crippen LogP contribution >= 0.6 is 0 Å². The monoisotopic (exact) mass is 284 g/mol. The number of rotatable bonds is 6.